The molecule has 0 aromatic rings. The van der Waals surface area contributed by atoms with Crippen LogP contribution in [0.2, 0.25) is 0 Å². The van der Waals surface area contributed by atoms with Gasteiger partial charge in [0, 0.05) is 36.6 Å². The van der Waals surface area contributed by atoms with Crippen LogP contribution in [0.5, 0.6) is 0 Å². The smallest absolute Gasteiger partial charge is 0.330 e. The van der Waals surface area contributed by atoms with E-state index >= 15 is 0 Å². The molecule has 32 heavy (non-hydrogen) atoms. The van der Waals surface area contributed by atoms with Crippen LogP contribution >= 0.6 is 0 Å². The van der Waals surface area contributed by atoms with Gasteiger partial charge in [-0.05, 0) is 6.08 Å². The molecule has 1 heterocycles. The number of ketones is 1. The average molecular weight is 445 g/mol. The molecule has 0 spiro atoms. The first-order chi connectivity index (χ1) is 15.2. The van der Waals surface area contributed by atoms with Crippen LogP contribution in [0.1, 0.15) is 12.8 Å². The number of esters is 3. The van der Waals surface area contributed by atoms with Crippen molar-refractivity contribution < 1.29 is 43.0 Å². The molecular weight excluding hydrogens is 422 g/mol. The van der Waals surface area contributed by atoms with Crippen molar-refractivity contribution in [2.24, 2.45) is 0 Å². The topological polar surface area (TPSA) is 133 Å². The molecule has 0 saturated heterocycles. The Morgan fingerprint density at radius 3 is 1.91 bits per heavy atom. The van der Waals surface area contributed by atoms with E-state index in [-0.39, 0.29) is 50.4 Å². The van der Waals surface area contributed by atoms with Crippen molar-refractivity contribution in [1.29, 1.82) is 0 Å². The maximum Gasteiger partial charge on any atom is 0.330 e. The molecule has 0 aromatic heterocycles. The standard InChI is InChI=1S/C22H23NO9/c1-4-18(25)30-11-7-8-16-17(24)14-15(9-12-31-19(26)5-2)21(28)23(22(16)29)10-13-32-20(27)6-3/h4-6,8,14H,1-3,7,9-13H2/b16-8+. The van der Waals surface area contributed by atoms with Gasteiger partial charge in [-0.1, -0.05) is 25.8 Å². The van der Waals surface area contributed by atoms with Crippen LogP contribution in [0.3, 0.4) is 0 Å². The Balaban J connectivity index is 3.08. The fourth-order valence-corrected chi connectivity index (χ4v) is 2.42. The molecule has 0 saturated carbocycles. The van der Waals surface area contributed by atoms with Crippen LogP contribution in [-0.4, -0.2) is 66.8 Å². The first-order valence-corrected chi connectivity index (χ1v) is 9.44. The van der Waals surface area contributed by atoms with Crippen molar-refractivity contribution in [1.82, 2.24) is 4.90 Å². The molecule has 0 atom stereocenters. The van der Waals surface area contributed by atoms with Gasteiger partial charge in [0.15, 0.2) is 5.78 Å². The van der Waals surface area contributed by atoms with E-state index in [0.717, 1.165) is 29.2 Å². The summed E-state index contributed by atoms with van der Waals surface area (Å²) < 4.78 is 14.4. The van der Waals surface area contributed by atoms with Gasteiger partial charge in [-0.25, -0.2) is 14.4 Å². The molecule has 2 amide bonds. The molecule has 0 unspecified atom stereocenters. The van der Waals surface area contributed by atoms with Gasteiger partial charge >= 0.3 is 17.9 Å². The van der Waals surface area contributed by atoms with Crippen LogP contribution < -0.4 is 0 Å². The van der Waals surface area contributed by atoms with Gasteiger partial charge in [-0.2, -0.15) is 0 Å². The van der Waals surface area contributed by atoms with Crippen molar-refractivity contribution in [2.45, 2.75) is 12.8 Å². The molecule has 0 aliphatic carbocycles. The molecule has 10 nitrogen and oxygen atoms in total. The molecular formula is C22H23NO9. The Morgan fingerprint density at radius 1 is 0.812 bits per heavy atom. The van der Waals surface area contributed by atoms with Crippen molar-refractivity contribution in [2.75, 3.05) is 26.4 Å². The van der Waals surface area contributed by atoms with Crippen LogP contribution in [0.15, 0.2) is 61.3 Å². The highest BCUT2D eigenvalue weighted by atomic mass is 16.5. The summed E-state index contributed by atoms with van der Waals surface area (Å²) in [5, 5.41) is 0. The Hall–Kier alpha value is -4.08. The molecule has 0 bridgehead atoms. The van der Waals surface area contributed by atoms with E-state index in [1.54, 1.807) is 0 Å². The molecule has 0 radical (unpaired) electrons. The number of ether oxygens (including phenoxy) is 3. The van der Waals surface area contributed by atoms with Crippen molar-refractivity contribution in [3.63, 3.8) is 0 Å². The second kappa shape index (κ2) is 13.3. The van der Waals surface area contributed by atoms with Gasteiger partial charge in [0.2, 0.25) is 0 Å². The number of hydrogen-bond acceptors (Lipinski definition) is 9. The lowest BCUT2D eigenvalue weighted by atomic mass is 10.1. The minimum Gasteiger partial charge on any atom is -0.462 e. The number of amides is 2. The summed E-state index contributed by atoms with van der Waals surface area (Å²) in [6.45, 7) is 8.77. The number of nitrogens with zero attached hydrogens (tertiary/aromatic N) is 1. The van der Waals surface area contributed by atoms with E-state index in [1.807, 2.05) is 0 Å². The highest BCUT2D eigenvalue weighted by Crippen LogP contribution is 2.18. The first kappa shape index (κ1) is 26.0. The van der Waals surface area contributed by atoms with E-state index in [4.69, 9.17) is 14.2 Å². The second-order valence-electron chi connectivity index (χ2n) is 6.07. The van der Waals surface area contributed by atoms with Gasteiger partial charge in [0.05, 0.1) is 25.3 Å². The highest BCUT2D eigenvalue weighted by molar-refractivity contribution is 6.30. The molecule has 0 fully saturated rings. The molecule has 1 aliphatic heterocycles. The zero-order chi connectivity index (χ0) is 24.1. The summed E-state index contributed by atoms with van der Waals surface area (Å²) in [7, 11) is 0. The van der Waals surface area contributed by atoms with E-state index in [2.05, 4.69) is 19.7 Å². The quantitative estimate of drug-likeness (QED) is 0.106. The monoisotopic (exact) mass is 445 g/mol. The Kier molecular flexibility index (Phi) is 10.8. The minimum atomic E-state index is -0.904. The number of carbonyl (C=O) groups excluding carboxylic acids is 6. The lowest BCUT2D eigenvalue weighted by molar-refractivity contribution is -0.145. The number of allylic oxidation sites excluding steroid dienone is 1. The Bertz CT molecular complexity index is 895. The maximum atomic E-state index is 12.9. The van der Waals surface area contributed by atoms with Gasteiger partial charge in [-0.3, -0.25) is 19.3 Å². The Labute approximate surface area is 184 Å². The van der Waals surface area contributed by atoms with Gasteiger partial charge in [0.25, 0.3) is 11.8 Å². The van der Waals surface area contributed by atoms with Crippen molar-refractivity contribution >= 4 is 35.5 Å². The number of rotatable bonds is 12. The van der Waals surface area contributed by atoms with Crippen molar-refractivity contribution in [3.05, 3.63) is 61.3 Å². The fraction of sp³-hybridized carbons (Fsp3) is 0.273. The van der Waals surface area contributed by atoms with E-state index in [9.17, 15) is 28.8 Å². The van der Waals surface area contributed by atoms with Crippen LogP contribution in [0.4, 0.5) is 0 Å². The minimum absolute atomic E-state index is 0.0278. The molecule has 1 aliphatic rings. The second-order valence-corrected chi connectivity index (χ2v) is 6.07. The summed E-state index contributed by atoms with van der Waals surface area (Å²) in [6.07, 6.45) is 4.95. The molecule has 0 N–H and O–H groups in total. The summed E-state index contributed by atoms with van der Waals surface area (Å²) in [6, 6.07) is 0. The lowest BCUT2D eigenvalue weighted by Crippen LogP contribution is -2.40. The van der Waals surface area contributed by atoms with Gasteiger partial charge in [-0.15, -0.1) is 0 Å². The molecule has 10 heteroatoms. The summed E-state index contributed by atoms with van der Waals surface area (Å²) in [4.78, 5) is 72.6. The number of carbonyl (C=O) groups is 6. The maximum absolute atomic E-state index is 12.9. The SMILES string of the molecule is C=CC(=O)OCC/C=C1\C(=O)C=C(CCOC(=O)C=C)C(=O)N(CCOC(=O)C=C)C1=O. The summed E-state index contributed by atoms with van der Waals surface area (Å²) in [5.41, 5.74) is -0.391. The number of imide groups is 1. The highest BCUT2D eigenvalue weighted by Gasteiger charge is 2.33. The first-order valence-electron chi connectivity index (χ1n) is 9.44. The largest absolute Gasteiger partial charge is 0.462 e. The number of hydrogen-bond donors (Lipinski definition) is 0. The fourth-order valence-electron chi connectivity index (χ4n) is 2.42. The zero-order valence-electron chi connectivity index (χ0n) is 17.4. The molecule has 1 rings (SSSR count). The van der Waals surface area contributed by atoms with Crippen LogP contribution in [-0.2, 0) is 43.0 Å². The van der Waals surface area contributed by atoms with Crippen molar-refractivity contribution in [3.8, 4) is 0 Å². The molecule has 170 valence electrons. The van der Waals surface area contributed by atoms with Crippen LogP contribution in [0, 0.1) is 0 Å². The third-order valence-corrected chi connectivity index (χ3v) is 3.95. The summed E-state index contributed by atoms with van der Waals surface area (Å²) >= 11 is 0. The van der Waals surface area contributed by atoms with Crippen LogP contribution in [0.25, 0.3) is 0 Å². The third kappa shape index (κ3) is 7.98. The summed E-state index contributed by atoms with van der Waals surface area (Å²) in [5.74, 6) is -4.57. The zero-order valence-corrected chi connectivity index (χ0v) is 17.4. The van der Waals surface area contributed by atoms with Gasteiger partial charge < -0.3 is 14.2 Å². The van der Waals surface area contributed by atoms with E-state index < -0.39 is 35.5 Å². The van der Waals surface area contributed by atoms with E-state index in [1.165, 1.54) is 6.08 Å². The normalized spacial score (nSPS) is 14.9. The third-order valence-electron chi connectivity index (χ3n) is 3.95. The predicted molar refractivity (Wildman–Crippen MR) is 111 cm³/mol. The lowest BCUT2D eigenvalue weighted by Gasteiger charge is -2.20. The predicted octanol–water partition coefficient (Wildman–Crippen LogP) is 0.745. The Morgan fingerprint density at radius 2 is 1.34 bits per heavy atom. The van der Waals surface area contributed by atoms with E-state index in [0.29, 0.717) is 0 Å². The van der Waals surface area contributed by atoms with Gasteiger partial charge in [0.1, 0.15) is 6.61 Å². The molecule has 0 aromatic carbocycles. The average Bonchev–Trinajstić information content (AvgIpc) is 2.86.